The molecule has 0 aliphatic rings. The van der Waals surface area contributed by atoms with Gasteiger partial charge in [-0.05, 0) is 89.5 Å². The van der Waals surface area contributed by atoms with Crippen molar-refractivity contribution in [3.63, 3.8) is 0 Å². The molecule has 6 heteroatoms. The minimum Gasteiger partial charge on any atom is -0.500 e. The van der Waals surface area contributed by atoms with Crippen LogP contribution in [0.1, 0.15) is 75.6 Å². The molecule has 0 aliphatic carbocycles. The second-order valence-corrected chi connectivity index (χ2v) is 16.8. The summed E-state index contributed by atoms with van der Waals surface area (Å²) in [6.07, 6.45) is 1.30. The summed E-state index contributed by atoms with van der Waals surface area (Å²) in [6.45, 7) is 6.92. The number of benzene rings is 7. The number of para-hydroxylation sites is 2. The Morgan fingerprint density at radius 1 is 0.631 bits per heavy atom. The summed E-state index contributed by atoms with van der Waals surface area (Å²) >= 11 is 0. The van der Waals surface area contributed by atoms with Crippen LogP contribution in [0.5, 0.6) is 0 Å². The second-order valence-electron chi connectivity index (χ2n) is 16.8. The molecule has 7 aromatic carbocycles. The molecule has 0 atom stereocenters. The summed E-state index contributed by atoms with van der Waals surface area (Å²) < 4.78 is 59.2. The SMILES string of the molecule is Cc1c(-c2ccccc2)oc2cc3oc4c(-c5nc6ccccc6n5-c5c(C(C)C)cc(-c6ccccc6)cc5C(C)C)[c-]ccc4c3cc12.[2H]C([2H])([2H])c1c[c-]c(-c2ccc(C([2H])([2H])[2H])cn2)cc1.[Ir]. The Labute approximate surface area is 402 Å². The van der Waals surface area contributed by atoms with Crippen molar-refractivity contribution in [2.45, 2.75) is 60.2 Å². The third-order valence-electron chi connectivity index (χ3n) is 11.9. The fourth-order valence-corrected chi connectivity index (χ4v) is 8.66. The van der Waals surface area contributed by atoms with Gasteiger partial charge >= 0.3 is 0 Å². The standard InChI is InChI=1S/C46H37N2O2.C13H12N.Ir/c1-27(2)35-23-32(30-15-8-6-9-16-30)24-36(28(3)4)43(35)48-40-22-13-12-21-39(40)47-46(48)34-20-14-19-33-38-25-37-29(5)44(31-17-10-7-11-18-31)49-41(37)26-42(38)50-45(33)34;1-10-3-6-12(7-4-10)13-8-5-11(2)9-14-13;/h6-19,21-28H,1-5H3;3-6,8-9H,1-2H3;/q2*-1;/i;1D3,2D3;. The van der Waals surface area contributed by atoms with Crippen molar-refractivity contribution in [1.29, 1.82) is 0 Å². The van der Waals surface area contributed by atoms with E-state index in [1.807, 2.05) is 30.3 Å². The molecule has 0 amide bonds. The smallest absolute Gasteiger partial charge is 0.138 e. The summed E-state index contributed by atoms with van der Waals surface area (Å²) in [5.41, 5.74) is 15.1. The van der Waals surface area contributed by atoms with Gasteiger partial charge in [-0.1, -0.05) is 130 Å². The number of hydrogen-bond acceptors (Lipinski definition) is 4. The molecule has 0 spiro atoms. The molecular formula is C59H49IrN3O2-2. The van der Waals surface area contributed by atoms with Gasteiger partial charge in [0.2, 0.25) is 0 Å². The molecule has 0 unspecified atom stereocenters. The Bertz CT molecular complexity index is 3600. The molecular weight excluding hydrogens is 975 g/mol. The van der Waals surface area contributed by atoms with Crippen molar-refractivity contribution in [1.82, 2.24) is 14.5 Å². The molecule has 0 saturated carbocycles. The van der Waals surface area contributed by atoms with E-state index >= 15 is 0 Å². The molecule has 11 aromatic rings. The van der Waals surface area contributed by atoms with Crippen molar-refractivity contribution < 1.29 is 37.2 Å². The molecule has 1 radical (unpaired) electrons. The summed E-state index contributed by atoms with van der Waals surface area (Å²) in [7, 11) is 0. The Morgan fingerprint density at radius 2 is 1.31 bits per heavy atom. The van der Waals surface area contributed by atoms with Crippen LogP contribution in [-0.2, 0) is 20.1 Å². The van der Waals surface area contributed by atoms with E-state index in [0.29, 0.717) is 11.3 Å². The predicted molar refractivity (Wildman–Crippen MR) is 264 cm³/mol. The molecule has 4 heterocycles. The summed E-state index contributed by atoms with van der Waals surface area (Å²) in [5, 5.41) is 3.16. The number of nitrogens with zero attached hydrogens (tertiary/aromatic N) is 3. The van der Waals surface area contributed by atoms with Crippen LogP contribution in [-0.4, -0.2) is 14.5 Å². The van der Waals surface area contributed by atoms with Gasteiger partial charge in [-0.2, -0.15) is 0 Å². The normalized spacial score (nSPS) is 13.2. The number of aryl methyl sites for hydroxylation is 3. The van der Waals surface area contributed by atoms with Crippen LogP contribution in [0.15, 0.2) is 167 Å². The quantitative estimate of drug-likeness (QED) is 0.149. The number of furan rings is 2. The van der Waals surface area contributed by atoms with Crippen molar-refractivity contribution >= 4 is 43.9 Å². The fourth-order valence-electron chi connectivity index (χ4n) is 8.66. The predicted octanol–water partition coefficient (Wildman–Crippen LogP) is 16.2. The van der Waals surface area contributed by atoms with Crippen LogP contribution in [0, 0.1) is 32.8 Å². The Morgan fingerprint density at radius 3 is 1.97 bits per heavy atom. The van der Waals surface area contributed by atoms with Crippen LogP contribution in [0.2, 0.25) is 0 Å². The number of imidazole rings is 1. The minimum atomic E-state index is -2.18. The first-order chi connectivity index (χ1) is 33.5. The minimum absolute atomic E-state index is 0. The van der Waals surface area contributed by atoms with Gasteiger partial charge in [0.15, 0.2) is 0 Å². The van der Waals surface area contributed by atoms with Gasteiger partial charge in [0.25, 0.3) is 0 Å². The van der Waals surface area contributed by atoms with E-state index in [-0.39, 0.29) is 43.1 Å². The largest absolute Gasteiger partial charge is 0.500 e. The topological polar surface area (TPSA) is 57.0 Å². The summed E-state index contributed by atoms with van der Waals surface area (Å²) in [6, 6.07) is 56.5. The van der Waals surface area contributed by atoms with E-state index in [0.717, 1.165) is 72.2 Å². The van der Waals surface area contributed by atoms with E-state index < -0.39 is 13.7 Å². The zero-order valence-electron chi connectivity index (χ0n) is 42.7. The molecule has 0 aliphatic heterocycles. The average Bonchev–Trinajstić information content (AvgIpc) is 4.03. The van der Waals surface area contributed by atoms with E-state index in [2.05, 4.69) is 147 Å². The van der Waals surface area contributed by atoms with Crippen LogP contribution in [0.4, 0.5) is 0 Å². The first-order valence-electron chi connectivity index (χ1n) is 24.6. The molecule has 0 N–H and O–H groups in total. The summed E-state index contributed by atoms with van der Waals surface area (Å²) in [5.74, 6) is 2.25. The number of rotatable bonds is 7. The molecule has 0 bridgehead atoms. The first kappa shape index (κ1) is 36.5. The third-order valence-corrected chi connectivity index (χ3v) is 11.9. The van der Waals surface area contributed by atoms with Gasteiger partial charge < -0.3 is 18.4 Å². The van der Waals surface area contributed by atoms with Crippen molar-refractivity contribution in [3.05, 3.63) is 198 Å². The maximum absolute atomic E-state index is 7.28. The van der Waals surface area contributed by atoms with E-state index in [1.54, 1.807) is 12.1 Å². The maximum atomic E-state index is 7.28. The van der Waals surface area contributed by atoms with Gasteiger partial charge in [-0.3, -0.25) is 4.98 Å². The van der Waals surface area contributed by atoms with Gasteiger partial charge in [0, 0.05) is 68.2 Å². The molecule has 323 valence electrons. The Hall–Kier alpha value is -6.85. The van der Waals surface area contributed by atoms with Crippen LogP contribution >= 0.6 is 0 Å². The number of pyridine rings is 1. The first-order valence-corrected chi connectivity index (χ1v) is 21.6. The Kier molecular flexibility index (Phi) is 10.1. The molecule has 0 saturated heterocycles. The molecule has 65 heavy (non-hydrogen) atoms. The van der Waals surface area contributed by atoms with Gasteiger partial charge in [0.1, 0.15) is 16.9 Å². The van der Waals surface area contributed by atoms with Crippen LogP contribution < -0.4 is 0 Å². The van der Waals surface area contributed by atoms with Crippen molar-refractivity contribution in [2.75, 3.05) is 0 Å². The number of hydrogen-bond donors (Lipinski definition) is 0. The van der Waals surface area contributed by atoms with E-state index in [4.69, 9.17) is 22.0 Å². The maximum Gasteiger partial charge on any atom is 0.138 e. The fraction of sp³-hybridized carbons (Fsp3) is 0.153. The zero-order chi connectivity index (χ0) is 49.1. The van der Waals surface area contributed by atoms with Gasteiger partial charge in [0.05, 0.1) is 22.4 Å². The number of fused-ring (bicyclic) bond motifs is 5. The molecule has 11 rings (SSSR count). The second kappa shape index (κ2) is 18.0. The Balaban J connectivity index is 0.000000251. The monoisotopic (exact) mass is 1030 g/mol. The van der Waals surface area contributed by atoms with E-state index in [1.165, 1.54) is 52.3 Å². The van der Waals surface area contributed by atoms with Crippen molar-refractivity contribution in [3.8, 4) is 50.8 Å². The van der Waals surface area contributed by atoms with Crippen LogP contribution in [0.3, 0.4) is 0 Å². The molecule has 4 aromatic heterocycles. The van der Waals surface area contributed by atoms with Gasteiger partial charge in [-0.15, -0.1) is 53.6 Å². The molecule has 0 fully saturated rings. The molecule has 5 nitrogen and oxygen atoms in total. The van der Waals surface area contributed by atoms with Crippen molar-refractivity contribution in [2.24, 2.45) is 0 Å². The third kappa shape index (κ3) is 8.14. The van der Waals surface area contributed by atoms with Gasteiger partial charge in [-0.25, -0.2) is 0 Å². The summed E-state index contributed by atoms with van der Waals surface area (Å²) in [4.78, 5) is 9.39. The average molecular weight is 1030 g/mol. The van der Waals surface area contributed by atoms with Crippen LogP contribution in [0.25, 0.3) is 94.7 Å². The zero-order valence-corrected chi connectivity index (χ0v) is 39.1. The number of aromatic nitrogens is 3. The van der Waals surface area contributed by atoms with E-state index in [9.17, 15) is 0 Å².